The van der Waals surface area contributed by atoms with Gasteiger partial charge in [-0.3, -0.25) is 0 Å². The Labute approximate surface area is 138 Å². The lowest BCUT2D eigenvalue weighted by Gasteiger charge is -2.22. The summed E-state index contributed by atoms with van der Waals surface area (Å²) in [6.07, 6.45) is 3.38. The van der Waals surface area contributed by atoms with Gasteiger partial charge in [0.1, 0.15) is 5.60 Å². The summed E-state index contributed by atoms with van der Waals surface area (Å²) in [7, 11) is 0. The molecule has 0 N–H and O–H groups in total. The number of ether oxygens (including phenoxy) is 1. The molecule has 0 spiro atoms. The molecule has 23 heavy (non-hydrogen) atoms. The summed E-state index contributed by atoms with van der Waals surface area (Å²) in [5.41, 5.74) is 0.164. The molecular formula is C18H28O5. The Hall–Kier alpha value is -1.59. The normalized spacial score (nSPS) is 12.7. The number of hydrogen-bond acceptors (Lipinski definition) is 5. The van der Waals surface area contributed by atoms with Gasteiger partial charge in [0.2, 0.25) is 0 Å². The first-order valence-electron chi connectivity index (χ1n) is 8.24. The van der Waals surface area contributed by atoms with Gasteiger partial charge in [0.25, 0.3) is 0 Å². The van der Waals surface area contributed by atoms with Crippen molar-refractivity contribution < 1.29 is 24.3 Å². The molecule has 0 aliphatic rings. The van der Waals surface area contributed by atoms with Gasteiger partial charge in [0.15, 0.2) is 0 Å². The summed E-state index contributed by atoms with van der Waals surface area (Å²) >= 11 is 0. The summed E-state index contributed by atoms with van der Waals surface area (Å²) in [4.78, 5) is 21.2. The van der Waals surface area contributed by atoms with Crippen molar-refractivity contribution in [3.05, 3.63) is 35.9 Å². The third kappa shape index (κ3) is 7.48. The molecule has 1 rings (SSSR count). The van der Waals surface area contributed by atoms with Crippen molar-refractivity contribution in [3.63, 3.8) is 0 Å². The molecule has 0 heterocycles. The van der Waals surface area contributed by atoms with Gasteiger partial charge in [-0.2, -0.15) is 4.89 Å². The third-order valence-electron chi connectivity index (χ3n) is 3.79. The maximum atomic E-state index is 11.5. The first-order chi connectivity index (χ1) is 11.0. The van der Waals surface area contributed by atoms with E-state index in [2.05, 4.69) is 23.8 Å². The molecule has 0 aromatic heterocycles. The van der Waals surface area contributed by atoms with Crippen molar-refractivity contribution in [1.82, 2.24) is 0 Å². The van der Waals surface area contributed by atoms with Crippen LogP contribution in [0.5, 0.6) is 0 Å². The summed E-state index contributed by atoms with van der Waals surface area (Å²) in [5, 5.41) is 4.59. The highest BCUT2D eigenvalue weighted by molar-refractivity contribution is 5.58. The molecule has 1 atom stereocenters. The largest absolute Gasteiger partial charge is 0.542 e. The minimum Gasteiger partial charge on any atom is -0.432 e. The monoisotopic (exact) mass is 324 g/mol. The number of carbonyl (C=O) groups is 1. The van der Waals surface area contributed by atoms with E-state index in [0.29, 0.717) is 12.5 Å². The Bertz CT molecular complexity index is 444. The fourth-order valence-corrected chi connectivity index (χ4v) is 2.13. The predicted molar refractivity (Wildman–Crippen MR) is 87.4 cm³/mol. The van der Waals surface area contributed by atoms with Gasteiger partial charge in [-0.1, -0.05) is 63.4 Å². The lowest BCUT2D eigenvalue weighted by molar-refractivity contribution is -0.520. The number of hydrogen-bond donors (Lipinski definition) is 0. The molecular weight excluding hydrogens is 296 g/mol. The molecule has 1 aromatic rings. The molecule has 0 bridgehead atoms. The summed E-state index contributed by atoms with van der Waals surface area (Å²) in [6.45, 7) is 8.18. The van der Waals surface area contributed by atoms with Gasteiger partial charge < -0.3 is 4.74 Å². The topological polar surface area (TPSA) is 54.0 Å². The van der Waals surface area contributed by atoms with Crippen LogP contribution < -0.4 is 0 Å². The van der Waals surface area contributed by atoms with Crippen LogP contribution in [-0.4, -0.2) is 12.8 Å². The fourth-order valence-electron chi connectivity index (χ4n) is 2.13. The zero-order valence-electron chi connectivity index (χ0n) is 14.5. The van der Waals surface area contributed by atoms with E-state index in [0.717, 1.165) is 31.2 Å². The van der Waals surface area contributed by atoms with E-state index in [1.165, 1.54) is 0 Å². The van der Waals surface area contributed by atoms with E-state index < -0.39 is 11.8 Å². The standard InChI is InChI=1S/C18H28O5/c1-5-7-11-15(6-2)14-20-17(19)21-23-22-18(3,4)16-12-9-8-10-13-16/h8-10,12-13,15H,5-7,11,14H2,1-4H3. The molecule has 0 aliphatic heterocycles. The lowest BCUT2D eigenvalue weighted by atomic mass is 9.99. The van der Waals surface area contributed by atoms with Crippen molar-refractivity contribution in [2.45, 2.75) is 59.0 Å². The average Bonchev–Trinajstić information content (AvgIpc) is 2.55. The van der Waals surface area contributed by atoms with E-state index in [1.807, 2.05) is 44.2 Å². The molecule has 0 aliphatic carbocycles. The van der Waals surface area contributed by atoms with Gasteiger partial charge in [-0.25, -0.2) is 9.68 Å². The van der Waals surface area contributed by atoms with E-state index >= 15 is 0 Å². The van der Waals surface area contributed by atoms with Crippen molar-refractivity contribution >= 4 is 6.16 Å². The van der Waals surface area contributed by atoms with Gasteiger partial charge in [-0.05, 0) is 36.8 Å². The Morgan fingerprint density at radius 1 is 1.17 bits per heavy atom. The van der Waals surface area contributed by atoms with Crippen molar-refractivity contribution in [3.8, 4) is 0 Å². The van der Waals surface area contributed by atoms with Gasteiger partial charge in [0.05, 0.1) is 6.61 Å². The van der Waals surface area contributed by atoms with Crippen LogP contribution in [0.1, 0.15) is 58.9 Å². The van der Waals surface area contributed by atoms with E-state index in [4.69, 9.17) is 9.62 Å². The zero-order valence-corrected chi connectivity index (χ0v) is 14.5. The number of rotatable bonds is 10. The van der Waals surface area contributed by atoms with Crippen molar-refractivity contribution in [2.75, 3.05) is 6.61 Å². The summed E-state index contributed by atoms with van der Waals surface area (Å²) in [5.74, 6) is 0.351. The second-order valence-corrected chi connectivity index (χ2v) is 6.09. The maximum absolute atomic E-state index is 11.5. The highest BCUT2D eigenvalue weighted by Gasteiger charge is 2.24. The number of benzene rings is 1. The smallest absolute Gasteiger partial charge is 0.432 e. The molecule has 0 saturated heterocycles. The summed E-state index contributed by atoms with van der Waals surface area (Å²) < 4.78 is 5.05. The van der Waals surface area contributed by atoms with Crippen LogP contribution in [-0.2, 0) is 25.2 Å². The first-order valence-corrected chi connectivity index (χ1v) is 8.24. The molecule has 0 radical (unpaired) electrons. The molecule has 1 unspecified atom stereocenters. The van der Waals surface area contributed by atoms with Crippen LogP contribution >= 0.6 is 0 Å². The SMILES string of the molecule is CCCCC(CC)COC(=O)OOOC(C)(C)c1ccccc1. The second-order valence-electron chi connectivity index (χ2n) is 6.09. The van der Waals surface area contributed by atoms with E-state index in [1.54, 1.807) is 0 Å². The van der Waals surface area contributed by atoms with Crippen molar-refractivity contribution in [2.24, 2.45) is 5.92 Å². The minimum atomic E-state index is -0.885. The minimum absolute atomic E-state index is 0.334. The van der Waals surface area contributed by atoms with Crippen molar-refractivity contribution in [1.29, 1.82) is 0 Å². The maximum Gasteiger partial charge on any atom is 0.542 e. The predicted octanol–water partition coefficient (Wildman–Crippen LogP) is 5.15. The highest BCUT2D eigenvalue weighted by Crippen LogP contribution is 2.24. The lowest BCUT2D eigenvalue weighted by Crippen LogP contribution is -2.23. The average molecular weight is 324 g/mol. The van der Waals surface area contributed by atoms with Crippen LogP contribution in [0.25, 0.3) is 0 Å². The zero-order chi connectivity index (χ0) is 17.1. The molecule has 5 heteroatoms. The molecule has 0 saturated carbocycles. The molecule has 1 aromatic carbocycles. The van der Waals surface area contributed by atoms with Crippen LogP contribution in [0, 0.1) is 5.92 Å². The van der Waals surface area contributed by atoms with Gasteiger partial charge in [-0.15, -0.1) is 0 Å². The molecule has 0 fully saturated rings. The fraction of sp³-hybridized carbons (Fsp3) is 0.611. The third-order valence-corrected chi connectivity index (χ3v) is 3.79. The Morgan fingerprint density at radius 2 is 1.87 bits per heavy atom. The number of unbranched alkanes of at least 4 members (excludes halogenated alkanes) is 1. The van der Waals surface area contributed by atoms with Crippen LogP contribution in [0.3, 0.4) is 0 Å². The molecule has 0 amide bonds. The Kier molecular flexibility index (Phi) is 8.66. The second kappa shape index (κ2) is 10.2. The van der Waals surface area contributed by atoms with Gasteiger partial charge >= 0.3 is 6.16 Å². The van der Waals surface area contributed by atoms with Gasteiger partial charge in [0, 0.05) is 0 Å². The van der Waals surface area contributed by atoms with E-state index in [-0.39, 0.29) is 0 Å². The first kappa shape index (κ1) is 19.5. The van der Waals surface area contributed by atoms with Crippen LogP contribution in [0.15, 0.2) is 30.3 Å². The van der Waals surface area contributed by atoms with Crippen LogP contribution in [0.2, 0.25) is 0 Å². The molecule has 5 nitrogen and oxygen atoms in total. The Morgan fingerprint density at radius 3 is 2.48 bits per heavy atom. The quantitative estimate of drug-likeness (QED) is 0.338. The molecule has 130 valence electrons. The van der Waals surface area contributed by atoms with Crippen LogP contribution in [0.4, 0.5) is 4.79 Å². The Balaban J connectivity index is 2.28. The summed E-state index contributed by atoms with van der Waals surface area (Å²) in [6, 6.07) is 9.52. The van der Waals surface area contributed by atoms with E-state index in [9.17, 15) is 4.79 Å². The highest BCUT2D eigenvalue weighted by atomic mass is 17.5. The number of carbonyl (C=O) groups excluding carboxylic acids is 1.